The molecule has 0 spiro atoms. The van der Waals surface area contributed by atoms with E-state index in [0.717, 1.165) is 5.69 Å². The van der Waals surface area contributed by atoms with Crippen molar-refractivity contribution in [1.29, 1.82) is 0 Å². The summed E-state index contributed by atoms with van der Waals surface area (Å²) in [5.74, 6) is 1.75. The number of benzene rings is 1. The van der Waals surface area contributed by atoms with E-state index in [0.29, 0.717) is 34.8 Å². The van der Waals surface area contributed by atoms with Gasteiger partial charge in [0.1, 0.15) is 4.21 Å². The largest absolute Gasteiger partial charge is 0.493 e. The van der Waals surface area contributed by atoms with E-state index in [4.69, 9.17) is 9.47 Å². The average molecular weight is 413 g/mol. The Morgan fingerprint density at radius 3 is 2.56 bits per heavy atom. The standard InChI is InChI=1S/C17H24N4O4S2/c1-18-17(20-13-7-8-14(24-3)15(12-13)25-4)19-9-10-21(2)27(22,23)16-6-5-11-26-16/h5-8,11-12H,9-10H2,1-4H3,(H2,18,19,20). The highest BCUT2D eigenvalue weighted by molar-refractivity contribution is 7.91. The third-order valence-corrected chi connectivity index (χ3v) is 6.98. The average Bonchev–Trinajstić information content (AvgIpc) is 3.22. The van der Waals surface area contributed by atoms with Crippen molar-refractivity contribution < 1.29 is 17.9 Å². The predicted molar refractivity (Wildman–Crippen MR) is 109 cm³/mol. The summed E-state index contributed by atoms with van der Waals surface area (Å²) in [5, 5.41) is 7.97. The van der Waals surface area contributed by atoms with Gasteiger partial charge in [-0.25, -0.2) is 8.42 Å². The van der Waals surface area contributed by atoms with Crippen LogP contribution in [0, 0.1) is 0 Å². The first-order valence-corrected chi connectivity index (χ1v) is 10.4. The molecule has 0 atom stereocenters. The molecule has 0 unspecified atom stereocenters. The number of likely N-dealkylation sites (N-methyl/N-ethyl adjacent to an activating group) is 1. The number of hydrogen-bond acceptors (Lipinski definition) is 6. The summed E-state index contributed by atoms with van der Waals surface area (Å²) in [6.45, 7) is 0.695. The lowest BCUT2D eigenvalue weighted by Crippen LogP contribution is -2.38. The Morgan fingerprint density at radius 2 is 1.96 bits per heavy atom. The molecule has 1 heterocycles. The van der Waals surface area contributed by atoms with E-state index in [9.17, 15) is 8.42 Å². The van der Waals surface area contributed by atoms with Gasteiger partial charge in [-0.3, -0.25) is 4.99 Å². The fourth-order valence-corrected chi connectivity index (χ4v) is 4.62. The number of sulfonamides is 1. The minimum absolute atomic E-state index is 0.298. The molecule has 1 aromatic carbocycles. The Kier molecular flexibility index (Phi) is 7.45. The Balaban J connectivity index is 1.93. The highest BCUT2D eigenvalue weighted by Crippen LogP contribution is 2.29. The van der Waals surface area contributed by atoms with Crippen LogP contribution in [0.4, 0.5) is 5.69 Å². The molecule has 8 nitrogen and oxygen atoms in total. The molecule has 0 saturated carbocycles. The van der Waals surface area contributed by atoms with Gasteiger partial charge in [0.25, 0.3) is 10.0 Å². The zero-order valence-electron chi connectivity index (χ0n) is 15.7. The summed E-state index contributed by atoms with van der Waals surface area (Å²) in [5.41, 5.74) is 0.764. The number of guanidine groups is 1. The van der Waals surface area contributed by atoms with Crippen LogP contribution in [0.1, 0.15) is 0 Å². The molecule has 0 saturated heterocycles. The van der Waals surface area contributed by atoms with Gasteiger partial charge in [-0.2, -0.15) is 4.31 Å². The van der Waals surface area contributed by atoms with Gasteiger partial charge in [-0.05, 0) is 23.6 Å². The van der Waals surface area contributed by atoms with Gasteiger partial charge in [0.05, 0.1) is 14.2 Å². The third-order valence-electron chi connectivity index (χ3n) is 3.75. The van der Waals surface area contributed by atoms with Gasteiger partial charge in [0.15, 0.2) is 17.5 Å². The first-order valence-electron chi connectivity index (χ1n) is 8.12. The molecular weight excluding hydrogens is 388 g/mol. The molecule has 2 rings (SSSR count). The Hall–Kier alpha value is -2.30. The summed E-state index contributed by atoms with van der Waals surface area (Å²) in [7, 11) is 2.89. The quantitative estimate of drug-likeness (QED) is 0.509. The zero-order valence-corrected chi connectivity index (χ0v) is 17.4. The van der Waals surface area contributed by atoms with Gasteiger partial charge in [-0.15, -0.1) is 11.3 Å². The fourth-order valence-electron chi connectivity index (χ4n) is 2.25. The van der Waals surface area contributed by atoms with Crippen LogP contribution < -0.4 is 20.1 Å². The SMILES string of the molecule is CN=C(NCCN(C)S(=O)(=O)c1cccs1)Nc1ccc(OC)c(OC)c1. The topological polar surface area (TPSA) is 92.3 Å². The summed E-state index contributed by atoms with van der Waals surface area (Å²) in [6.07, 6.45) is 0. The number of anilines is 1. The second-order valence-electron chi connectivity index (χ2n) is 5.45. The van der Waals surface area contributed by atoms with Gasteiger partial charge in [0.2, 0.25) is 0 Å². The van der Waals surface area contributed by atoms with E-state index < -0.39 is 10.0 Å². The molecule has 0 bridgehead atoms. The van der Waals surface area contributed by atoms with E-state index in [1.807, 2.05) is 6.07 Å². The lowest BCUT2D eigenvalue weighted by molar-refractivity contribution is 0.355. The summed E-state index contributed by atoms with van der Waals surface area (Å²) >= 11 is 1.20. The first-order chi connectivity index (χ1) is 12.9. The molecule has 2 N–H and O–H groups in total. The molecular formula is C17H24N4O4S2. The molecule has 0 amide bonds. The van der Waals surface area contributed by atoms with E-state index >= 15 is 0 Å². The zero-order chi connectivity index (χ0) is 19.9. The maximum absolute atomic E-state index is 12.4. The molecule has 0 fully saturated rings. The van der Waals surface area contributed by atoms with Crippen LogP contribution in [0.5, 0.6) is 11.5 Å². The number of hydrogen-bond donors (Lipinski definition) is 2. The van der Waals surface area contributed by atoms with Crippen molar-refractivity contribution in [2.24, 2.45) is 4.99 Å². The molecule has 0 aliphatic carbocycles. The Morgan fingerprint density at radius 1 is 1.22 bits per heavy atom. The minimum atomic E-state index is -3.45. The lowest BCUT2D eigenvalue weighted by Gasteiger charge is -2.18. The Bertz CT molecular complexity index is 867. The number of thiophene rings is 1. The third kappa shape index (κ3) is 5.34. The van der Waals surface area contributed by atoms with Crippen molar-refractivity contribution >= 4 is 33.0 Å². The fraction of sp³-hybridized carbons (Fsp3) is 0.353. The predicted octanol–water partition coefficient (Wildman–Crippen LogP) is 2.07. The van der Waals surface area contributed by atoms with Crippen molar-refractivity contribution in [2.75, 3.05) is 46.7 Å². The van der Waals surface area contributed by atoms with Crippen LogP contribution in [0.3, 0.4) is 0 Å². The summed E-state index contributed by atoms with van der Waals surface area (Å²) in [4.78, 5) is 4.15. The van der Waals surface area contributed by atoms with Crippen LogP contribution in [0.25, 0.3) is 0 Å². The van der Waals surface area contributed by atoms with Gasteiger partial charge >= 0.3 is 0 Å². The highest BCUT2D eigenvalue weighted by Gasteiger charge is 2.21. The normalized spacial score (nSPS) is 12.1. The molecule has 0 aliphatic heterocycles. The number of ether oxygens (including phenoxy) is 2. The monoisotopic (exact) mass is 412 g/mol. The second-order valence-corrected chi connectivity index (χ2v) is 8.67. The molecule has 1 aromatic heterocycles. The van der Waals surface area contributed by atoms with E-state index in [1.54, 1.807) is 58.0 Å². The molecule has 27 heavy (non-hydrogen) atoms. The number of nitrogens with one attached hydrogen (secondary N) is 2. The van der Waals surface area contributed by atoms with Crippen molar-refractivity contribution in [3.8, 4) is 11.5 Å². The molecule has 2 aromatic rings. The molecule has 148 valence electrons. The van der Waals surface area contributed by atoms with E-state index in [-0.39, 0.29) is 0 Å². The van der Waals surface area contributed by atoms with E-state index in [2.05, 4.69) is 15.6 Å². The smallest absolute Gasteiger partial charge is 0.252 e. The summed E-state index contributed by atoms with van der Waals surface area (Å²) in [6, 6.07) is 8.73. The summed E-state index contributed by atoms with van der Waals surface area (Å²) < 4.78 is 36.9. The van der Waals surface area contributed by atoms with Crippen molar-refractivity contribution in [2.45, 2.75) is 4.21 Å². The molecule has 10 heteroatoms. The number of aliphatic imine (C=N–C) groups is 1. The second kappa shape index (κ2) is 9.58. The Labute approximate surface area is 163 Å². The van der Waals surface area contributed by atoms with Crippen LogP contribution in [0.15, 0.2) is 44.9 Å². The number of nitrogens with zero attached hydrogens (tertiary/aromatic N) is 2. The van der Waals surface area contributed by atoms with Crippen molar-refractivity contribution in [1.82, 2.24) is 9.62 Å². The molecule has 0 aliphatic rings. The van der Waals surface area contributed by atoms with Crippen LogP contribution in [0.2, 0.25) is 0 Å². The molecule has 0 radical (unpaired) electrons. The van der Waals surface area contributed by atoms with Crippen LogP contribution in [-0.4, -0.2) is 60.1 Å². The maximum atomic E-state index is 12.4. The van der Waals surface area contributed by atoms with Crippen molar-refractivity contribution in [3.63, 3.8) is 0 Å². The lowest BCUT2D eigenvalue weighted by atomic mass is 10.3. The minimum Gasteiger partial charge on any atom is -0.493 e. The first kappa shape index (κ1) is 21.0. The van der Waals surface area contributed by atoms with E-state index in [1.165, 1.54) is 15.6 Å². The number of rotatable bonds is 8. The van der Waals surface area contributed by atoms with Crippen molar-refractivity contribution in [3.05, 3.63) is 35.7 Å². The maximum Gasteiger partial charge on any atom is 0.252 e. The van der Waals surface area contributed by atoms with Gasteiger partial charge in [0, 0.05) is 38.9 Å². The van der Waals surface area contributed by atoms with Crippen LogP contribution in [-0.2, 0) is 10.0 Å². The van der Waals surface area contributed by atoms with Gasteiger partial charge < -0.3 is 20.1 Å². The van der Waals surface area contributed by atoms with Crippen LogP contribution >= 0.6 is 11.3 Å². The highest BCUT2D eigenvalue weighted by atomic mass is 32.2. The number of methoxy groups -OCH3 is 2. The van der Waals surface area contributed by atoms with Gasteiger partial charge in [-0.1, -0.05) is 6.07 Å².